The van der Waals surface area contributed by atoms with Crippen LogP contribution in [0.15, 0.2) is 81.5 Å². The van der Waals surface area contributed by atoms with Gasteiger partial charge in [0.15, 0.2) is 5.78 Å². The van der Waals surface area contributed by atoms with Crippen LogP contribution in [0.3, 0.4) is 0 Å². The summed E-state index contributed by atoms with van der Waals surface area (Å²) in [5, 5.41) is 0. The van der Waals surface area contributed by atoms with E-state index in [9.17, 15) is 9.59 Å². The van der Waals surface area contributed by atoms with Gasteiger partial charge in [0, 0.05) is 0 Å². The second-order valence-electron chi connectivity index (χ2n) is 9.13. The van der Waals surface area contributed by atoms with Gasteiger partial charge in [-0.25, -0.2) is 0 Å². The highest BCUT2D eigenvalue weighted by Crippen LogP contribution is 2.28. The Kier molecular flexibility index (Phi) is 10.6. The van der Waals surface area contributed by atoms with Crippen LogP contribution >= 0.6 is 0 Å². The Morgan fingerprint density at radius 1 is 0.656 bits per heavy atom. The van der Waals surface area contributed by atoms with Crippen molar-refractivity contribution < 1.29 is 14.3 Å². The lowest BCUT2D eigenvalue weighted by Gasteiger charge is -2.31. The summed E-state index contributed by atoms with van der Waals surface area (Å²) in [6, 6.07) is 0. The monoisotopic (exact) mass is 436 g/mol. The maximum atomic E-state index is 12.3. The van der Waals surface area contributed by atoms with Crippen molar-refractivity contribution in [3.8, 4) is 0 Å². The summed E-state index contributed by atoms with van der Waals surface area (Å²) in [5.41, 5.74) is 7.92. The molecule has 0 aromatic rings. The standard InChI is InChI=1S/C29H40O3/c1-11-18(2)12-19(3)13-20(4)14-21(5)15-22(6)16-23(7)17-24(8)28-25(9)27(30)26(10)29(31)32-28/h11-17,25-26,28H,1-10H3/b18-11+,19-12+,20-13+,21-14+,22-15+,23-16+,24-17+/t25-,26-,28+/m1/s1. The van der Waals surface area contributed by atoms with E-state index in [0.717, 1.165) is 16.7 Å². The summed E-state index contributed by atoms with van der Waals surface area (Å²) >= 11 is 0. The molecule has 32 heavy (non-hydrogen) atoms. The number of ketones is 1. The van der Waals surface area contributed by atoms with E-state index in [4.69, 9.17) is 4.74 Å². The van der Waals surface area contributed by atoms with Gasteiger partial charge in [-0.1, -0.05) is 82.9 Å². The zero-order chi connectivity index (χ0) is 24.6. The van der Waals surface area contributed by atoms with Crippen LogP contribution in [0.5, 0.6) is 0 Å². The van der Waals surface area contributed by atoms with E-state index in [1.54, 1.807) is 6.92 Å². The van der Waals surface area contributed by atoms with Crippen LogP contribution in [0.1, 0.15) is 69.2 Å². The van der Waals surface area contributed by atoms with Crippen LogP contribution in [0.2, 0.25) is 0 Å². The summed E-state index contributed by atoms with van der Waals surface area (Å²) in [5.74, 6) is -1.47. The average Bonchev–Trinajstić information content (AvgIpc) is 2.67. The van der Waals surface area contributed by atoms with E-state index in [-0.39, 0.29) is 11.7 Å². The summed E-state index contributed by atoms with van der Waals surface area (Å²) in [4.78, 5) is 24.3. The summed E-state index contributed by atoms with van der Waals surface area (Å²) < 4.78 is 5.53. The second kappa shape index (κ2) is 12.4. The van der Waals surface area contributed by atoms with Gasteiger partial charge in [0.2, 0.25) is 0 Å². The van der Waals surface area contributed by atoms with Gasteiger partial charge in [-0.05, 0) is 67.9 Å². The van der Waals surface area contributed by atoms with Crippen molar-refractivity contribution in [3.05, 3.63) is 81.5 Å². The third kappa shape index (κ3) is 8.45. The molecule has 1 fully saturated rings. The molecule has 0 aromatic carbocycles. The van der Waals surface area contributed by atoms with Crippen molar-refractivity contribution in [3.63, 3.8) is 0 Å². The van der Waals surface area contributed by atoms with Crippen LogP contribution in [0, 0.1) is 11.8 Å². The third-order valence-corrected chi connectivity index (χ3v) is 5.56. The first-order valence-corrected chi connectivity index (χ1v) is 11.3. The quantitative estimate of drug-likeness (QED) is 0.237. The number of hydrogen-bond donors (Lipinski definition) is 0. The Hall–Kier alpha value is -2.68. The number of ether oxygens (including phenoxy) is 1. The van der Waals surface area contributed by atoms with E-state index in [0.29, 0.717) is 0 Å². The maximum Gasteiger partial charge on any atom is 0.316 e. The zero-order valence-electron chi connectivity index (χ0n) is 21.5. The average molecular weight is 437 g/mol. The minimum absolute atomic E-state index is 0.0492. The van der Waals surface area contributed by atoms with Gasteiger partial charge in [0.05, 0.1) is 5.92 Å². The number of cyclic esters (lactones) is 1. The lowest BCUT2D eigenvalue weighted by atomic mass is 9.85. The maximum absolute atomic E-state index is 12.3. The van der Waals surface area contributed by atoms with Gasteiger partial charge in [-0.15, -0.1) is 0 Å². The van der Waals surface area contributed by atoms with Crippen LogP contribution in [-0.2, 0) is 14.3 Å². The van der Waals surface area contributed by atoms with E-state index in [2.05, 4.69) is 71.1 Å². The predicted molar refractivity (Wildman–Crippen MR) is 135 cm³/mol. The van der Waals surface area contributed by atoms with E-state index < -0.39 is 18.0 Å². The van der Waals surface area contributed by atoms with Crippen LogP contribution in [0.25, 0.3) is 0 Å². The van der Waals surface area contributed by atoms with E-state index in [1.807, 2.05) is 33.8 Å². The van der Waals surface area contributed by atoms with Crippen molar-refractivity contribution in [2.24, 2.45) is 11.8 Å². The number of hydrogen-bond acceptors (Lipinski definition) is 3. The fraction of sp³-hybridized carbons (Fsp3) is 0.448. The molecule has 0 spiro atoms. The molecule has 174 valence electrons. The van der Waals surface area contributed by atoms with Gasteiger partial charge in [0.1, 0.15) is 12.0 Å². The summed E-state index contributed by atoms with van der Waals surface area (Å²) in [6.07, 6.45) is 14.4. The fourth-order valence-electron chi connectivity index (χ4n) is 4.00. The molecule has 0 N–H and O–H groups in total. The fourth-order valence-corrected chi connectivity index (χ4v) is 4.00. The number of carbonyl (C=O) groups is 2. The number of allylic oxidation sites excluding steroid dienone is 13. The van der Waals surface area contributed by atoms with Crippen molar-refractivity contribution in [2.45, 2.75) is 75.3 Å². The Bertz CT molecular complexity index is 945. The molecule has 0 amide bonds. The van der Waals surface area contributed by atoms with Gasteiger partial charge in [-0.2, -0.15) is 0 Å². The molecule has 1 aliphatic rings. The molecule has 0 unspecified atom stereocenters. The highest BCUT2D eigenvalue weighted by Gasteiger charge is 2.40. The molecular weight excluding hydrogens is 396 g/mol. The molecule has 0 bridgehead atoms. The second-order valence-corrected chi connectivity index (χ2v) is 9.13. The van der Waals surface area contributed by atoms with E-state index in [1.165, 1.54) is 22.3 Å². The minimum Gasteiger partial charge on any atom is -0.457 e. The first-order chi connectivity index (χ1) is 14.8. The highest BCUT2D eigenvalue weighted by molar-refractivity contribution is 6.02. The van der Waals surface area contributed by atoms with Crippen LogP contribution < -0.4 is 0 Å². The molecule has 1 rings (SSSR count). The minimum atomic E-state index is -0.672. The number of Topliss-reactive ketones (excluding diaryl/α,β-unsaturated/α-hetero) is 1. The lowest BCUT2D eigenvalue weighted by Crippen LogP contribution is -2.44. The van der Waals surface area contributed by atoms with Gasteiger partial charge in [0.25, 0.3) is 0 Å². The molecule has 3 nitrogen and oxygen atoms in total. The van der Waals surface area contributed by atoms with Crippen molar-refractivity contribution in [2.75, 3.05) is 0 Å². The molecule has 0 saturated carbocycles. The van der Waals surface area contributed by atoms with Gasteiger partial charge in [-0.3, -0.25) is 9.59 Å². The van der Waals surface area contributed by atoms with Crippen LogP contribution in [-0.4, -0.2) is 17.9 Å². The van der Waals surface area contributed by atoms with Crippen molar-refractivity contribution in [1.29, 1.82) is 0 Å². The number of rotatable bonds is 7. The number of esters is 1. The Morgan fingerprint density at radius 2 is 1.03 bits per heavy atom. The Balaban J connectivity index is 2.98. The molecule has 1 saturated heterocycles. The zero-order valence-corrected chi connectivity index (χ0v) is 21.5. The topological polar surface area (TPSA) is 43.4 Å². The smallest absolute Gasteiger partial charge is 0.316 e. The molecule has 3 heteroatoms. The van der Waals surface area contributed by atoms with E-state index >= 15 is 0 Å². The first-order valence-electron chi connectivity index (χ1n) is 11.3. The third-order valence-electron chi connectivity index (χ3n) is 5.56. The normalized spacial score (nSPS) is 25.3. The van der Waals surface area contributed by atoms with Gasteiger partial charge >= 0.3 is 5.97 Å². The van der Waals surface area contributed by atoms with Crippen LogP contribution in [0.4, 0.5) is 0 Å². The molecule has 3 atom stereocenters. The Labute approximate surface area is 195 Å². The summed E-state index contributed by atoms with van der Waals surface area (Å²) in [6.45, 7) is 19.9. The first kappa shape index (κ1) is 27.4. The molecule has 1 heterocycles. The largest absolute Gasteiger partial charge is 0.457 e. The SMILES string of the molecule is C/C=C(C)/C=C(C)/C=C(C)/C=C(C)/C=C(C)/C=C(C)/C=C(\C)[C@@H]1OC(=O)[C@H](C)C(=O)[C@H]1C. The molecule has 0 radical (unpaired) electrons. The van der Waals surface area contributed by atoms with Gasteiger partial charge < -0.3 is 4.74 Å². The molecule has 1 aliphatic heterocycles. The lowest BCUT2D eigenvalue weighted by molar-refractivity contribution is -0.166. The number of carbonyl (C=O) groups excluding carboxylic acids is 2. The Morgan fingerprint density at radius 3 is 1.44 bits per heavy atom. The molecule has 0 aromatic heterocycles. The molecule has 0 aliphatic carbocycles. The van der Waals surface area contributed by atoms with Crippen molar-refractivity contribution in [1.82, 2.24) is 0 Å². The molecular formula is C29H40O3. The highest BCUT2D eigenvalue weighted by atomic mass is 16.5. The predicted octanol–water partition coefficient (Wildman–Crippen LogP) is 7.40. The summed E-state index contributed by atoms with van der Waals surface area (Å²) in [7, 11) is 0. The van der Waals surface area contributed by atoms with Crippen molar-refractivity contribution >= 4 is 11.8 Å².